The third-order valence-corrected chi connectivity index (χ3v) is 6.23. The molecule has 0 aliphatic heterocycles. The van der Waals surface area contributed by atoms with Gasteiger partial charge in [0.2, 0.25) is 5.91 Å². The molecule has 0 spiro atoms. The fourth-order valence-electron chi connectivity index (χ4n) is 4.56. The fourth-order valence-corrected chi connectivity index (χ4v) is 4.56. The smallest absolute Gasteiger partial charge is 0.408 e. The number of aromatic hydroxyl groups is 1. The molecular formula is C32H41N3O5. The van der Waals surface area contributed by atoms with Crippen molar-refractivity contribution in [1.82, 2.24) is 10.2 Å². The van der Waals surface area contributed by atoms with E-state index < -0.39 is 29.7 Å². The molecule has 40 heavy (non-hydrogen) atoms. The lowest BCUT2D eigenvalue weighted by Crippen LogP contribution is -2.53. The molecule has 0 aromatic heterocycles. The van der Waals surface area contributed by atoms with Crippen molar-refractivity contribution in [3.05, 3.63) is 72.3 Å². The molecule has 0 radical (unpaired) electrons. The molecule has 3 aromatic carbocycles. The van der Waals surface area contributed by atoms with Crippen molar-refractivity contribution in [2.75, 3.05) is 11.9 Å². The minimum absolute atomic E-state index is 0.0510. The van der Waals surface area contributed by atoms with E-state index in [0.29, 0.717) is 24.1 Å². The van der Waals surface area contributed by atoms with Gasteiger partial charge >= 0.3 is 6.09 Å². The summed E-state index contributed by atoms with van der Waals surface area (Å²) in [6, 6.07) is 17.8. The standard InChI is InChI=1S/C32H41N3O5/c1-7-18-35(30(38)27(19-21(2)3)34-31(39)40-32(4,5)6)28(23-13-16-26(36)17-14-23)29(37)33-25-15-12-22-10-8-9-11-24(22)20-25/h8-17,20-21,27-28,36H,7,18-19H2,1-6H3,(H,33,37)(H,34,39). The number of phenols is 1. The number of hydrogen-bond donors (Lipinski definition) is 3. The second-order valence-corrected chi connectivity index (χ2v) is 11.4. The minimum atomic E-state index is -1.00. The van der Waals surface area contributed by atoms with Crippen LogP contribution < -0.4 is 10.6 Å². The summed E-state index contributed by atoms with van der Waals surface area (Å²) in [6.45, 7) is 11.4. The molecule has 0 saturated heterocycles. The number of anilines is 1. The van der Waals surface area contributed by atoms with Crippen LogP contribution >= 0.6 is 0 Å². The molecule has 8 nitrogen and oxygen atoms in total. The lowest BCUT2D eigenvalue weighted by molar-refractivity contribution is -0.141. The summed E-state index contributed by atoms with van der Waals surface area (Å²) in [7, 11) is 0. The van der Waals surface area contributed by atoms with E-state index in [1.165, 1.54) is 17.0 Å². The number of amides is 3. The molecular weight excluding hydrogens is 506 g/mol. The van der Waals surface area contributed by atoms with Crippen LogP contribution in [0.4, 0.5) is 10.5 Å². The first-order valence-electron chi connectivity index (χ1n) is 13.8. The van der Waals surface area contributed by atoms with E-state index in [0.717, 1.165) is 10.8 Å². The van der Waals surface area contributed by atoms with Gasteiger partial charge in [0.1, 0.15) is 23.4 Å². The van der Waals surface area contributed by atoms with Gasteiger partial charge in [-0.25, -0.2) is 4.79 Å². The Kier molecular flexibility index (Phi) is 10.2. The van der Waals surface area contributed by atoms with Gasteiger partial charge in [0.25, 0.3) is 5.91 Å². The van der Waals surface area contributed by atoms with Crippen molar-refractivity contribution in [3.8, 4) is 5.75 Å². The number of ether oxygens (including phenoxy) is 1. The van der Waals surface area contributed by atoms with E-state index in [2.05, 4.69) is 10.6 Å². The molecule has 0 heterocycles. The normalized spacial score (nSPS) is 13.0. The molecule has 3 rings (SSSR count). The van der Waals surface area contributed by atoms with Gasteiger partial charge < -0.3 is 25.4 Å². The monoisotopic (exact) mass is 547 g/mol. The van der Waals surface area contributed by atoms with Crippen molar-refractivity contribution in [3.63, 3.8) is 0 Å². The van der Waals surface area contributed by atoms with E-state index in [1.807, 2.05) is 63.2 Å². The summed E-state index contributed by atoms with van der Waals surface area (Å²) >= 11 is 0. The van der Waals surface area contributed by atoms with Crippen LogP contribution in [-0.2, 0) is 14.3 Å². The van der Waals surface area contributed by atoms with Crippen LogP contribution in [0.5, 0.6) is 5.75 Å². The molecule has 0 aliphatic carbocycles. The summed E-state index contributed by atoms with van der Waals surface area (Å²) in [5, 5.41) is 17.6. The fraction of sp³-hybridized carbons (Fsp3) is 0.406. The van der Waals surface area contributed by atoms with Gasteiger partial charge in [-0.2, -0.15) is 0 Å². The topological polar surface area (TPSA) is 108 Å². The van der Waals surface area contributed by atoms with Crippen LogP contribution in [0.25, 0.3) is 10.8 Å². The number of nitrogens with zero attached hydrogens (tertiary/aromatic N) is 1. The highest BCUT2D eigenvalue weighted by atomic mass is 16.6. The maximum absolute atomic E-state index is 14.1. The van der Waals surface area contributed by atoms with Crippen molar-refractivity contribution < 1.29 is 24.2 Å². The Hall–Kier alpha value is -4.07. The summed E-state index contributed by atoms with van der Waals surface area (Å²) in [6.07, 6.45) is 0.266. The average Bonchev–Trinajstić information content (AvgIpc) is 2.87. The van der Waals surface area contributed by atoms with Crippen molar-refractivity contribution >= 4 is 34.4 Å². The van der Waals surface area contributed by atoms with Crippen molar-refractivity contribution in [2.24, 2.45) is 5.92 Å². The predicted octanol–water partition coefficient (Wildman–Crippen LogP) is 6.40. The molecule has 8 heteroatoms. The summed E-state index contributed by atoms with van der Waals surface area (Å²) in [4.78, 5) is 42.2. The third-order valence-electron chi connectivity index (χ3n) is 6.23. The summed E-state index contributed by atoms with van der Waals surface area (Å²) in [5.74, 6) is -0.641. The predicted molar refractivity (Wildman–Crippen MR) is 158 cm³/mol. The molecule has 214 valence electrons. The van der Waals surface area contributed by atoms with Crippen LogP contribution in [0.3, 0.4) is 0 Å². The van der Waals surface area contributed by atoms with Gasteiger partial charge in [0.05, 0.1) is 0 Å². The Morgan fingerprint density at radius 1 is 0.950 bits per heavy atom. The molecule has 0 aliphatic rings. The summed E-state index contributed by atoms with van der Waals surface area (Å²) in [5.41, 5.74) is 0.410. The Morgan fingerprint density at radius 2 is 1.60 bits per heavy atom. The van der Waals surface area contributed by atoms with Crippen molar-refractivity contribution in [1.29, 1.82) is 0 Å². The number of rotatable bonds is 10. The van der Waals surface area contributed by atoms with Crippen LogP contribution in [0.2, 0.25) is 0 Å². The molecule has 3 N–H and O–H groups in total. The highest BCUT2D eigenvalue weighted by Crippen LogP contribution is 2.28. The molecule has 2 unspecified atom stereocenters. The van der Waals surface area contributed by atoms with E-state index in [1.54, 1.807) is 32.9 Å². The molecule has 3 aromatic rings. The van der Waals surface area contributed by atoms with Crippen LogP contribution in [-0.4, -0.2) is 46.1 Å². The minimum Gasteiger partial charge on any atom is -0.508 e. The summed E-state index contributed by atoms with van der Waals surface area (Å²) < 4.78 is 5.43. The Labute approximate surface area is 236 Å². The van der Waals surface area contributed by atoms with Gasteiger partial charge in [0.15, 0.2) is 0 Å². The molecule has 0 fully saturated rings. The largest absolute Gasteiger partial charge is 0.508 e. The van der Waals surface area contributed by atoms with Gasteiger partial charge in [-0.3, -0.25) is 9.59 Å². The first-order chi connectivity index (χ1) is 18.9. The second kappa shape index (κ2) is 13.3. The Bertz CT molecular complexity index is 1310. The SMILES string of the molecule is CCCN(C(=O)C(CC(C)C)NC(=O)OC(C)(C)C)C(C(=O)Nc1ccc2ccccc2c1)c1ccc(O)cc1. The number of carbonyl (C=O) groups excluding carboxylic acids is 3. The highest BCUT2D eigenvalue weighted by molar-refractivity contribution is 6.00. The number of phenolic OH excluding ortho intramolecular Hbond substituents is 1. The Morgan fingerprint density at radius 3 is 2.20 bits per heavy atom. The molecule has 2 atom stereocenters. The zero-order chi connectivity index (χ0) is 29.4. The van der Waals surface area contributed by atoms with Crippen LogP contribution in [0.1, 0.15) is 66.0 Å². The quantitative estimate of drug-likeness (QED) is 0.272. The molecule has 0 bridgehead atoms. The van der Waals surface area contributed by atoms with Crippen LogP contribution in [0.15, 0.2) is 66.7 Å². The molecule has 0 saturated carbocycles. The highest BCUT2D eigenvalue weighted by Gasteiger charge is 2.36. The third kappa shape index (κ3) is 8.46. The van der Waals surface area contributed by atoms with E-state index in [-0.39, 0.29) is 24.1 Å². The lowest BCUT2D eigenvalue weighted by atomic mass is 9.98. The first-order valence-corrected chi connectivity index (χ1v) is 13.8. The van der Waals surface area contributed by atoms with Gasteiger partial charge in [-0.15, -0.1) is 0 Å². The number of benzene rings is 3. The average molecular weight is 548 g/mol. The number of fused-ring (bicyclic) bond motifs is 1. The molecule has 3 amide bonds. The van der Waals surface area contributed by atoms with E-state index in [9.17, 15) is 19.5 Å². The zero-order valence-corrected chi connectivity index (χ0v) is 24.2. The zero-order valence-electron chi connectivity index (χ0n) is 24.2. The van der Waals surface area contributed by atoms with Crippen molar-refractivity contribution in [2.45, 2.75) is 72.1 Å². The van der Waals surface area contributed by atoms with E-state index >= 15 is 0 Å². The Balaban J connectivity index is 1.99. The first kappa shape index (κ1) is 30.5. The number of hydrogen-bond acceptors (Lipinski definition) is 5. The van der Waals surface area contributed by atoms with Gasteiger partial charge in [-0.1, -0.05) is 63.2 Å². The number of alkyl carbamates (subject to hydrolysis) is 1. The number of carbonyl (C=O) groups is 3. The van der Waals surface area contributed by atoms with Gasteiger partial charge in [-0.05, 0) is 80.1 Å². The number of nitrogens with one attached hydrogen (secondary N) is 2. The van der Waals surface area contributed by atoms with Crippen LogP contribution in [0, 0.1) is 5.92 Å². The van der Waals surface area contributed by atoms with Gasteiger partial charge in [0, 0.05) is 12.2 Å². The maximum atomic E-state index is 14.1. The lowest BCUT2D eigenvalue weighted by Gasteiger charge is -2.34. The second-order valence-electron chi connectivity index (χ2n) is 11.4. The maximum Gasteiger partial charge on any atom is 0.408 e. The van der Waals surface area contributed by atoms with E-state index in [4.69, 9.17) is 4.74 Å².